The van der Waals surface area contributed by atoms with Crippen LogP contribution in [0, 0.1) is 23.7 Å². The fraction of sp³-hybridized carbons (Fsp3) is 0.556. The SMILES string of the molecule is CC1CCC(Oc2ccccc2C#CCCO)CC1C. The third-order valence-electron chi connectivity index (χ3n) is 4.19. The smallest absolute Gasteiger partial charge is 0.135 e. The lowest BCUT2D eigenvalue weighted by molar-refractivity contribution is 0.100. The van der Waals surface area contributed by atoms with E-state index in [-0.39, 0.29) is 6.61 Å². The molecule has 0 saturated heterocycles. The predicted octanol–water partition coefficient (Wildman–Crippen LogP) is 3.62. The Bertz CT molecular complexity index is 484. The second-order valence-electron chi connectivity index (χ2n) is 5.78. The minimum absolute atomic E-state index is 0.105. The Labute approximate surface area is 122 Å². The van der Waals surface area contributed by atoms with Crippen LogP contribution in [0.4, 0.5) is 0 Å². The van der Waals surface area contributed by atoms with Gasteiger partial charge in [-0.2, -0.15) is 0 Å². The highest BCUT2D eigenvalue weighted by molar-refractivity contribution is 5.46. The van der Waals surface area contributed by atoms with Gasteiger partial charge in [0.05, 0.1) is 18.3 Å². The molecule has 1 aromatic rings. The summed E-state index contributed by atoms with van der Waals surface area (Å²) in [6.45, 7) is 4.75. The third-order valence-corrected chi connectivity index (χ3v) is 4.19. The second kappa shape index (κ2) is 7.36. The van der Waals surface area contributed by atoms with Crippen LogP contribution in [0.1, 0.15) is 45.1 Å². The number of hydrogen-bond acceptors (Lipinski definition) is 2. The second-order valence-corrected chi connectivity index (χ2v) is 5.78. The first-order valence-corrected chi connectivity index (χ1v) is 7.56. The van der Waals surface area contributed by atoms with Gasteiger partial charge in [0, 0.05) is 6.42 Å². The van der Waals surface area contributed by atoms with Gasteiger partial charge in [0.25, 0.3) is 0 Å². The van der Waals surface area contributed by atoms with E-state index in [2.05, 4.69) is 25.7 Å². The highest BCUT2D eigenvalue weighted by Crippen LogP contribution is 2.32. The Balaban J connectivity index is 2.04. The maximum atomic E-state index is 8.79. The maximum Gasteiger partial charge on any atom is 0.135 e. The van der Waals surface area contributed by atoms with Gasteiger partial charge in [-0.25, -0.2) is 0 Å². The van der Waals surface area contributed by atoms with Crippen LogP contribution in [0.5, 0.6) is 5.75 Å². The maximum absolute atomic E-state index is 8.79. The molecule has 1 saturated carbocycles. The van der Waals surface area contributed by atoms with Gasteiger partial charge in [-0.05, 0) is 43.2 Å². The number of para-hydroxylation sites is 1. The average Bonchev–Trinajstić information content (AvgIpc) is 2.45. The topological polar surface area (TPSA) is 29.5 Å². The van der Waals surface area contributed by atoms with E-state index < -0.39 is 0 Å². The molecule has 1 aromatic carbocycles. The van der Waals surface area contributed by atoms with Crippen LogP contribution in [-0.4, -0.2) is 17.8 Å². The molecular formula is C18H24O2. The van der Waals surface area contributed by atoms with Crippen LogP contribution in [0.15, 0.2) is 24.3 Å². The number of hydrogen-bond donors (Lipinski definition) is 1. The van der Waals surface area contributed by atoms with E-state index in [1.807, 2.05) is 24.3 Å². The summed E-state index contributed by atoms with van der Waals surface area (Å²) in [7, 11) is 0. The van der Waals surface area contributed by atoms with Gasteiger partial charge in [0.15, 0.2) is 0 Å². The molecule has 1 aliphatic carbocycles. The van der Waals surface area contributed by atoms with Crippen LogP contribution < -0.4 is 4.74 Å². The molecule has 1 fully saturated rings. The van der Waals surface area contributed by atoms with Crippen molar-refractivity contribution < 1.29 is 9.84 Å². The largest absolute Gasteiger partial charge is 0.489 e. The molecule has 108 valence electrons. The molecule has 1 N–H and O–H groups in total. The molecule has 0 aliphatic heterocycles. The molecular weight excluding hydrogens is 248 g/mol. The van der Waals surface area contributed by atoms with Gasteiger partial charge >= 0.3 is 0 Å². The van der Waals surface area contributed by atoms with Gasteiger partial charge in [-0.1, -0.05) is 37.8 Å². The first kappa shape index (κ1) is 14.9. The molecule has 20 heavy (non-hydrogen) atoms. The zero-order valence-electron chi connectivity index (χ0n) is 12.4. The van der Waals surface area contributed by atoms with E-state index in [1.54, 1.807) is 0 Å². The number of rotatable bonds is 3. The van der Waals surface area contributed by atoms with E-state index in [0.29, 0.717) is 12.5 Å². The van der Waals surface area contributed by atoms with Crippen LogP contribution in [0.3, 0.4) is 0 Å². The lowest BCUT2D eigenvalue weighted by Crippen LogP contribution is -2.28. The Hall–Kier alpha value is -1.46. The number of aliphatic hydroxyl groups is 1. The third kappa shape index (κ3) is 4.02. The summed E-state index contributed by atoms with van der Waals surface area (Å²) in [6, 6.07) is 7.93. The van der Waals surface area contributed by atoms with Crippen molar-refractivity contribution in [3.63, 3.8) is 0 Å². The Morgan fingerprint density at radius 3 is 2.75 bits per heavy atom. The Morgan fingerprint density at radius 1 is 1.20 bits per heavy atom. The molecule has 3 atom stereocenters. The Morgan fingerprint density at radius 2 is 2.00 bits per heavy atom. The monoisotopic (exact) mass is 272 g/mol. The van der Waals surface area contributed by atoms with E-state index in [1.165, 1.54) is 6.42 Å². The minimum atomic E-state index is 0.105. The van der Waals surface area contributed by atoms with Crippen molar-refractivity contribution in [2.45, 2.75) is 45.6 Å². The van der Waals surface area contributed by atoms with Crippen molar-refractivity contribution in [2.75, 3.05) is 6.61 Å². The molecule has 1 aliphatic rings. The van der Waals surface area contributed by atoms with Crippen molar-refractivity contribution >= 4 is 0 Å². The Kier molecular flexibility index (Phi) is 5.49. The van der Waals surface area contributed by atoms with Crippen molar-refractivity contribution in [3.8, 4) is 17.6 Å². The van der Waals surface area contributed by atoms with Crippen molar-refractivity contribution in [1.82, 2.24) is 0 Å². The summed E-state index contributed by atoms with van der Waals surface area (Å²) in [4.78, 5) is 0. The van der Waals surface area contributed by atoms with Gasteiger partial charge in [0.1, 0.15) is 5.75 Å². The van der Waals surface area contributed by atoms with E-state index in [0.717, 1.165) is 36.0 Å². The standard InChI is InChI=1S/C18H24O2/c1-14-10-11-17(13-15(14)2)20-18-9-4-3-7-16(18)8-5-6-12-19/h3-4,7,9,14-15,17,19H,6,10-13H2,1-2H3. The zero-order valence-corrected chi connectivity index (χ0v) is 12.4. The average molecular weight is 272 g/mol. The highest BCUT2D eigenvalue weighted by atomic mass is 16.5. The number of benzene rings is 1. The van der Waals surface area contributed by atoms with Crippen LogP contribution in [-0.2, 0) is 0 Å². The molecule has 0 heterocycles. The molecule has 0 radical (unpaired) electrons. The first-order chi connectivity index (χ1) is 9.70. The minimum Gasteiger partial charge on any atom is -0.489 e. The molecule has 0 aromatic heterocycles. The quantitative estimate of drug-likeness (QED) is 0.852. The lowest BCUT2D eigenvalue weighted by Gasteiger charge is -2.32. The fourth-order valence-electron chi connectivity index (χ4n) is 2.67. The van der Waals surface area contributed by atoms with Gasteiger partial charge < -0.3 is 9.84 Å². The molecule has 0 spiro atoms. The summed E-state index contributed by atoms with van der Waals surface area (Å²) in [5.41, 5.74) is 0.923. The summed E-state index contributed by atoms with van der Waals surface area (Å²) >= 11 is 0. The zero-order chi connectivity index (χ0) is 14.4. The normalized spacial score (nSPS) is 25.6. The summed E-state index contributed by atoms with van der Waals surface area (Å²) in [6.07, 6.45) is 4.31. The first-order valence-electron chi connectivity index (χ1n) is 7.56. The molecule has 2 nitrogen and oxygen atoms in total. The van der Waals surface area contributed by atoms with Crippen LogP contribution in [0.2, 0.25) is 0 Å². The lowest BCUT2D eigenvalue weighted by atomic mass is 9.80. The molecule has 0 amide bonds. The van der Waals surface area contributed by atoms with Crippen LogP contribution >= 0.6 is 0 Å². The van der Waals surface area contributed by atoms with Crippen LogP contribution in [0.25, 0.3) is 0 Å². The molecule has 2 heteroatoms. The van der Waals surface area contributed by atoms with Crippen molar-refractivity contribution in [2.24, 2.45) is 11.8 Å². The molecule has 0 bridgehead atoms. The summed E-state index contributed by atoms with van der Waals surface area (Å²) in [5, 5.41) is 8.79. The summed E-state index contributed by atoms with van der Waals surface area (Å²) < 4.78 is 6.17. The summed E-state index contributed by atoms with van der Waals surface area (Å²) in [5.74, 6) is 8.46. The van der Waals surface area contributed by atoms with Gasteiger partial charge in [-0.15, -0.1) is 0 Å². The van der Waals surface area contributed by atoms with Gasteiger partial charge in [-0.3, -0.25) is 0 Å². The van der Waals surface area contributed by atoms with Crippen molar-refractivity contribution in [3.05, 3.63) is 29.8 Å². The highest BCUT2D eigenvalue weighted by Gasteiger charge is 2.26. The molecule has 3 unspecified atom stereocenters. The number of ether oxygens (including phenoxy) is 1. The van der Waals surface area contributed by atoms with E-state index in [9.17, 15) is 0 Å². The van der Waals surface area contributed by atoms with Crippen molar-refractivity contribution in [1.29, 1.82) is 0 Å². The number of aliphatic hydroxyl groups excluding tert-OH is 1. The van der Waals surface area contributed by atoms with Gasteiger partial charge in [0.2, 0.25) is 0 Å². The fourth-order valence-corrected chi connectivity index (χ4v) is 2.67. The molecule has 2 rings (SSSR count). The predicted molar refractivity (Wildman–Crippen MR) is 81.6 cm³/mol. The van der Waals surface area contributed by atoms with E-state index in [4.69, 9.17) is 9.84 Å². The van der Waals surface area contributed by atoms with E-state index >= 15 is 0 Å².